The Labute approximate surface area is 174 Å². The molecule has 4 rings (SSSR count). The summed E-state index contributed by atoms with van der Waals surface area (Å²) in [4.78, 5) is 30.6. The van der Waals surface area contributed by atoms with E-state index in [0.717, 1.165) is 12.8 Å². The standard InChI is InChI=1S/C23H24FN3O3/c1-3-14(4-2)25-22(28)21-13-27(19-10-5-6-11-20(19)30-21)23(29)18-12-15-16(24)8-7-9-17(15)26-18/h5-12,14,21,26H,3-4,13H2,1-2H3,(H,25,28). The maximum absolute atomic E-state index is 14.1. The second-order valence-corrected chi connectivity index (χ2v) is 7.40. The Kier molecular flexibility index (Phi) is 5.44. The van der Waals surface area contributed by atoms with Crippen LogP contribution in [0.4, 0.5) is 10.1 Å². The van der Waals surface area contributed by atoms with Crippen molar-refractivity contribution in [3.05, 3.63) is 60.0 Å². The van der Waals surface area contributed by atoms with Crippen LogP contribution in [-0.2, 0) is 4.79 Å². The number of amides is 2. The molecule has 1 aromatic heterocycles. The number of aromatic nitrogens is 1. The van der Waals surface area contributed by atoms with Gasteiger partial charge in [0.05, 0.1) is 12.2 Å². The molecule has 1 aliphatic rings. The number of ether oxygens (including phenoxy) is 1. The van der Waals surface area contributed by atoms with Crippen molar-refractivity contribution in [2.75, 3.05) is 11.4 Å². The van der Waals surface area contributed by atoms with Gasteiger partial charge in [0, 0.05) is 16.9 Å². The highest BCUT2D eigenvalue weighted by Crippen LogP contribution is 2.34. The summed E-state index contributed by atoms with van der Waals surface area (Å²) in [6.45, 7) is 4.09. The Hall–Kier alpha value is -3.35. The molecule has 2 heterocycles. The van der Waals surface area contributed by atoms with E-state index in [1.165, 1.54) is 17.0 Å². The molecule has 0 aliphatic carbocycles. The predicted molar refractivity (Wildman–Crippen MR) is 113 cm³/mol. The summed E-state index contributed by atoms with van der Waals surface area (Å²) in [5, 5.41) is 3.34. The molecule has 0 spiro atoms. The Morgan fingerprint density at radius 3 is 2.70 bits per heavy atom. The summed E-state index contributed by atoms with van der Waals surface area (Å²) < 4.78 is 20.0. The van der Waals surface area contributed by atoms with Crippen molar-refractivity contribution >= 4 is 28.4 Å². The summed E-state index contributed by atoms with van der Waals surface area (Å²) in [5.41, 5.74) is 1.38. The SMILES string of the molecule is CCC(CC)NC(=O)C1CN(C(=O)c2cc3c(F)cccc3[nH]2)c2ccccc2O1. The Morgan fingerprint density at radius 1 is 1.20 bits per heavy atom. The first kappa shape index (κ1) is 19.9. The zero-order valence-corrected chi connectivity index (χ0v) is 16.9. The van der Waals surface area contributed by atoms with Crippen molar-refractivity contribution in [2.45, 2.75) is 38.8 Å². The number of nitrogens with zero attached hydrogens (tertiary/aromatic N) is 1. The van der Waals surface area contributed by atoms with Crippen molar-refractivity contribution in [3.63, 3.8) is 0 Å². The van der Waals surface area contributed by atoms with Crippen molar-refractivity contribution in [3.8, 4) is 5.75 Å². The predicted octanol–water partition coefficient (Wildman–Crippen LogP) is 4.02. The van der Waals surface area contributed by atoms with Crippen LogP contribution in [0.5, 0.6) is 5.75 Å². The van der Waals surface area contributed by atoms with Crippen LogP contribution < -0.4 is 15.0 Å². The minimum Gasteiger partial charge on any atom is -0.477 e. The van der Waals surface area contributed by atoms with Crippen molar-refractivity contribution in [2.24, 2.45) is 0 Å². The van der Waals surface area contributed by atoms with E-state index in [0.29, 0.717) is 22.3 Å². The number of fused-ring (bicyclic) bond motifs is 2. The number of hydrogen-bond donors (Lipinski definition) is 2. The average Bonchev–Trinajstić information content (AvgIpc) is 3.22. The highest BCUT2D eigenvalue weighted by molar-refractivity contribution is 6.09. The zero-order chi connectivity index (χ0) is 21.3. The summed E-state index contributed by atoms with van der Waals surface area (Å²) >= 11 is 0. The molecule has 2 N–H and O–H groups in total. The minimum atomic E-state index is -0.828. The van der Waals surface area contributed by atoms with E-state index in [9.17, 15) is 14.0 Å². The fourth-order valence-corrected chi connectivity index (χ4v) is 3.73. The molecule has 0 radical (unpaired) electrons. The lowest BCUT2D eigenvalue weighted by Gasteiger charge is -2.34. The molecule has 1 aliphatic heterocycles. The van der Waals surface area contributed by atoms with Gasteiger partial charge in [-0.3, -0.25) is 14.5 Å². The van der Waals surface area contributed by atoms with Crippen LogP contribution in [0.15, 0.2) is 48.5 Å². The van der Waals surface area contributed by atoms with Crippen molar-refractivity contribution < 1.29 is 18.7 Å². The number of H-pyrrole nitrogens is 1. The molecule has 0 saturated carbocycles. The van der Waals surface area contributed by atoms with Gasteiger partial charge in [0.15, 0.2) is 6.10 Å². The summed E-state index contributed by atoms with van der Waals surface area (Å²) in [6.07, 6.45) is 0.800. The number of anilines is 1. The van der Waals surface area contributed by atoms with Crippen LogP contribution in [0.25, 0.3) is 10.9 Å². The summed E-state index contributed by atoms with van der Waals surface area (Å²) in [7, 11) is 0. The monoisotopic (exact) mass is 409 g/mol. The van der Waals surface area contributed by atoms with Crippen LogP contribution in [0.3, 0.4) is 0 Å². The highest BCUT2D eigenvalue weighted by atomic mass is 19.1. The molecule has 0 fully saturated rings. The van der Waals surface area contributed by atoms with Gasteiger partial charge in [0.2, 0.25) is 0 Å². The van der Waals surface area contributed by atoms with Gasteiger partial charge in [-0.05, 0) is 43.2 Å². The molecule has 1 unspecified atom stereocenters. The van der Waals surface area contributed by atoms with Crippen molar-refractivity contribution in [1.82, 2.24) is 10.3 Å². The highest BCUT2D eigenvalue weighted by Gasteiger charge is 2.35. The number of carbonyl (C=O) groups excluding carboxylic acids is 2. The zero-order valence-electron chi connectivity index (χ0n) is 16.9. The van der Waals surface area contributed by atoms with E-state index in [1.807, 2.05) is 13.8 Å². The van der Waals surface area contributed by atoms with E-state index in [4.69, 9.17) is 4.74 Å². The normalized spacial score (nSPS) is 15.7. The number of halogens is 1. The Balaban J connectivity index is 1.66. The van der Waals surface area contributed by atoms with E-state index >= 15 is 0 Å². The van der Waals surface area contributed by atoms with Gasteiger partial charge in [0.25, 0.3) is 11.8 Å². The molecule has 30 heavy (non-hydrogen) atoms. The first-order chi connectivity index (χ1) is 14.5. The Morgan fingerprint density at radius 2 is 1.97 bits per heavy atom. The molecule has 2 amide bonds. The molecule has 6 nitrogen and oxygen atoms in total. The van der Waals surface area contributed by atoms with E-state index in [2.05, 4.69) is 10.3 Å². The molecule has 0 bridgehead atoms. The lowest BCUT2D eigenvalue weighted by atomic mass is 10.1. The second-order valence-electron chi connectivity index (χ2n) is 7.40. The number of nitrogens with one attached hydrogen (secondary N) is 2. The Bertz CT molecular complexity index is 1090. The first-order valence-corrected chi connectivity index (χ1v) is 10.2. The number of benzene rings is 2. The molecule has 3 aromatic rings. The van der Waals surface area contributed by atoms with Gasteiger partial charge >= 0.3 is 0 Å². The van der Waals surface area contributed by atoms with Crippen LogP contribution in [0, 0.1) is 5.82 Å². The van der Waals surface area contributed by atoms with Gasteiger partial charge in [-0.25, -0.2) is 4.39 Å². The van der Waals surface area contributed by atoms with Gasteiger partial charge in [-0.1, -0.05) is 32.0 Å². The van der Waals surface area contributed by atoms with E-state index in [1.54, 1.807) is 36.4 Å². The fourth-order valence-electron chi connectivity index (χ4n) is 3.73. The third-order valence-electron chi connectivity index (χ3n) is 5.48. The van der Waals surface area contributed by atoms with Gasteiger partial charge in [0.1, 0.15) is 17.3 Å². The number of carbonyl (C=O) groups is 2. The molecule has 1 atom stereocenters. The third kappa shape index (κ3) is 3.63. The number of aromatic amines is 1. The maximum Gasteiger partial charge on any atom is 0.274 e. The molecule has 2 aromatic carbocycles. The van der Waals surface area contributed by atoms with E-state index in [-0.39, 0.29) is 30.1 Å². The van der Waals surface area contributed by atoms with Crippen LogP contribution >= 0.6 is 0 Å². The lowest BCUT2D eigenvalue weighted by Crippen LogP contribution is -2.52. The molecular weight excluding hydrogens is 385 g/mol. The maximum atomic E-state index is 14.1. The van der Waals surface area contributed by atoms with Gasteiger partial charge in [-0.2, -0.15) is 0 Å². The van der Waals surface area contributed by atoms with Crippen LogP contribution in [0.1, 0.15) is 37.2 Å². The third-order valence-corrected chi connectivity index (χ3v) is 5.48. The molecule has 7 heteroatoms. The van der Waals surface area contributed by atoms with E-state index < -0.39 is 11.9 Å². The quantitative estimate of drug-likeness (QED) is 0.668. The summed E-state index contributed by atoms with van der Waals surface area (Å²) in [5.74, 6) is -0.530. The number of para-hydroxylation sites is 2. The van der Waals surface area contributed by atoms with Crippen LogP contribution in [-0.4, -0.2) is 35.5 Å². The lowest BCUT2D eigenvalue weighted by molar-refractivity contribution is -0.128. The average molecular weight is 409 g/mol. The smallest absolute Gasteiger partial charge is 0.274 e. The number of hydrogen-bond acceptors (Lipinski definition) is 3. The molecule has 156 valence electrons. The fraction of sp³-hybridized carbons (Fsp3) is 0.304. The molecule has 0 saturated heterocycles. The minimum absolute atomic E-state index is 0.0547. The molecular formula is C23H24FN3O3. The van der Waals surface area contributed by atoms with Crippen molar-refractivity contribution in [1.29, 1.82) is 0 Å². The van der Waals surface area contributed by atoms with Gasteiger partial charge < -0.3 is 15.0 Å². The topological polar surface area (TPSA) is 74.4 Å². The number of rotatable bonds is 5. The first-order valence-electron chi connectivity index (χ1n) is 10.2. The second kappa shape index (κ2) is 8.18. The van der Waals surface area contributed by atoms with Crippen LogP contribution in [0.2, 0.25) is 0 Å². The summed E-state index contributed by atoms with van der Waals surface area (Å²) in [6, 6.07) is 13.3. The van der Waals surface area contributed by atoms with Gasteiger partial charge in [-0.15, -0.1) is 0 Å². The largest absolute Gasteiger partial charge is 0.477 e.